The first-order chi connectivity index (χ1) is 6.95. The number of aliphatic imine (C=N–C) groups is 2. The van der Waals surface area contributed by atoms with Crippen LogP contribution in [0, 0.1) is 0 Å². The van der Waals surface area contributed by atoms with Crippen LogP contribution in [-0.2, 0) is 12.8 Å². The van der Waals surface area contributed by atoms with Crippen LogP contribution in [-0.4, -0.2) is 25.5 Å². The molecule has 0 unspecified atom stereocenters. The minimum Gasteiger partial charge on any atom is -0.292 e. The number of rotatable bonds is 0. The Morgan fingerprint density at radius 1 is 0.786 bits per heavy atom. The van der Waals surface area contributed by atoms with Gasteiger partial charge in [0.2, 0.25) is 0 Å². The first-order valence-electron chi connectivity index (χ1n) is 5.09. The summed E-state index contributed by atoms with van der Waals surface area (Å²) in [6, 6.07) is 4.32. The molecule has 0 saturated heterocycles. The Bertz CT molecular complexity index is 389. The lowest BCUT2D eigenvalue weighted by Crippen LogP contribution is -2.12. The maximum absolute atomic E-state index is 4.31. The van der Waals surface area contributed by atoms with Crippen molar-refractivity contribution in [2.45, 2.75) is 12.8 Å². The lowest BCUT2D eigenvalue weighted by atomic mass is 9.90. The molecule has 0 aromatic heterocycles. The van der Waals surface area contributed by atoms with Crippen LogP contribution in [0.4, 0.5) is 0 Å². The van der Waals surface area contributed by atoms with Gasteiger partial charge in [-0.2, -0.15) is 0 Å². The smallest absolute Gasteiger partial charge is 0.0430 e. The van der Waals surface area contributed by atoms with E-state index < -0.39 is 0 Å². The molecule has 14 heavy (non-hydrogen) atoms. The third-order valence-corrected chi connectivity index (χ3v) is 2.95. The van der Waals surface area contributed by atoms with Crippen LogP contribution >= 0.6 is 0 Å². The summed E-state index contributed by atoms with van der Waals surface area (Å²) in [4.78, 5) is 8.62. The van der Waals surface area contributed by atoms with E-state index in [1.54, 1.807) is 0 Å². The number of benzene rings is 1. The zero-order valence-electron chi connectivity index (χ0n) is 8.03. The van der Waals surface area contributed by atoms with Crippen LogP contribution in [0.5, 0.6) is 0 Å². The summed E-state index contributed by atoms with van der Waals surface area (Å²) in [5.41, 5.74) is 5.63. The average Bonchev–Trinajstić information content (AvgIpc) is 2.29. The largest absolute Gasteiger partial charge is 0.292 e. The molecule has 70 valence electrons. The molecule has 2 aliphatic heterocycles. The molecule has 0 bridgehead atoms. The topological polar surface area (TPSA) is 24.7 Å². The fourth-order valence-corrected chi connectivity index (χ4v) is 2.24. The van der Waals surface area contributed by atoms with Crippen LogP contribution in [0.25, 0.3) is 0 Å². The van der Waals surface area contributed by atoms with Crippen molar-refractivity contribution in [3.63, 3.8) is 0 Å². The van der Waals surface area contributed by atoms with Gasteiger partial charge in [0.1, 0.15) is 0 Å². The molecule has 3 rings (SSSR count). The minimum atomic E-state index is 0.945. The van der Waals surface area contributed by atoms with Gasteiger partial charge in [0, 0.05) is 25.5 Å². The summed E-state index contributed by atoms with van der Waals surface area (Å²) in [6.07, 6.45) is 6.21. The molecule has 0 amide bonds. The van der Waals surface area contributed by atoms with Crippen molar-refractivity contribution < 1.29 is 0 Å². The quantitative estimate of drug-likeness (QED) is 0.585. The van der Waals surface area contributed by atoms with Crippen LogP contribution in [0.1, 0.15) is 22.3 Å². The van der Waals surface area contributed by atoms with Gasteiger partial charge in [0.05, 0.1) is 0 Å². The Labute approximate surface area is 83.4 Å². The number of fused-ring (bicyclic) bond motifs is 3. The van der Waals surface area contributed by atoms with Crippen LogP contribution < -0.4 is 0 Å². The molecule has 1 aromatic rings. The summed E-state index contributed by atoms with van der Waals surface area (Å²) in [6.45, 7) is 1.89. The predicted octanol–water partition coefficient (Wildman–Crippen LogP) is 1.64. The minimum absolute atomic E-state index is 0.945. The van der Waals surface area contributed by atoms with Gasteiger partial charge < -0.3 is 0 Å². The van der Waals surface area contributed by atoms with Crippen LogP contribution in [0.15, 0.2) is 22.1 Å². The molecule has 2 aliphatic rings. The molecule has 1 aromatic carbocycles. The summed E-state index contributed by atoms with van der Waals surface area (Å²) in [5.74, 6) is 0. The van der Waals surface area contributed by atoms with E-state index in [2.05, 4.69) is 22.1 Å². The van der Waals surface area contributed by atoms with E-state index in [1.165, 1.54) is 22.3 Å². The molecule has 0 N–H and O–H groups in total. The summed E-state index contributed by atoms with van der Waals surface area (Å²) >= 11 is 0. The first-order valence-corrected chi connectivity index (χ1v) is 5.09. The molecule has 0 radical (unpaired) electrons. The Hall–Kier alpha value is -1.44. The van der Waals surface area contributed by atoms with Crippen molar-refractivity contribution in [1.29, 1.82) is 0 Å². The lowest BCUT2D eigenvalue weighted by Gasteiger charge is -2.19. The summed E-state index contributed by atoms with van der Waals surface area (Å²) in [5, 5.41) is 0. The third-order valence-electron chi connectivity index (χ3n) is 2.95. The van der Waals surface area contributed by atoms with Crippen molar-refractivity contribution in [1.82, 2.24) is 0 Å². The van der Waals surface area contributed by atoms with E-state index >= 15 is 0 Å². The Morgan fingerprint density at radius 3 is 1.79 bits per heavy atom. The predicted molar refractivity (Wildman–Crippen MR) is 58.8 cm³/mol. The first kappa shape index (κ1) is 7.92. The standard InChI is InChI=1S/C12H12N2/c1-2-10-8-14-6-4-12(10)11-3-5-13-7-9(1)11/h1-2,7-8H,3-6H2. The zero-order valence-corrected chi connectivity index (χ0v) is 8.03. The van der Waals surface area contributed by atoms with Gasteiger partial charge in [-0.1, -0.05) is 12.1 Å². The summed E-state index contributed by atoms with van der Waals surface area (Å²) in [7, 11) is 0. The molecular weight excluding hydrogens is 172 g/mol. The van der Waals surface area contributed by atoms with E-state index in [0.29, 0.717) is 0 Å². The van der Waals surface area contributed by atoms with Crippen LogP contribution in [0.3, 0.4) is 0 Å². The van der Waals surface area contributed by atoms with Gasteiger partial charge in [-0.25, -0.2) is 0 Å². The Morgan fingerprint density at radius 2 is 1.29 bits per heavy atom. The molecule has 0 spiro atoms. The third kappa shape index (κ3) is 1.10. The fourth-order valence-electron chi connectivity index (χ4n) is 2.24. The molecule has 0 fully saturated rings. The van der Waals surface area contributed by atoms with Gasteiger partial charge >= 0.3 is 0 Å². The van der Waals surface area contributed by atoms with Gasteiger partial charge in [-0.3, -0.25) is 9.98 Å². The normalized spacial score (nSPS) is 17.7. The number of hydrogen-bond acceptors (Lipinski definition) is 2. The lowest BCUT2D eigenvalue weighted by molar-refractivity contribution is 0.884. The molecule has 0 saturated carbocycles. The average molecular weight is 184 g/mol. The highest BCUT2D eigenvalue weighted by molar-refractivity contribution is 5.89. The second-order valence-electron chi connectivity index (χ2n) is 3.77. The zero-order chi connectivity index (χ0) is 9.38. The Balaban J connectivity index is 2.23. The molecule has 2 nitrogen and oxygen atoms in total. The van der Waals surface area contributed by atoms with Crippen LogP contribution in [0.2, 0.25) is 0 Å². The second-order valence-corrected chi connectivity index (χ2v) is 3.77. The van der Waals surface area contributed by atoms with Crippen molar-refractivity contribution in [3.05, 3.63) is 34.4 Å². The molecule has 2 heteroatoms. The van der Waals surface area contributed by atoms with Crippen molar-refractivity contribution in [2.24, 2.45) is 9.98 Å². The maximum Gasteiger partial charge on any atom is 0.0430 e. The monoisotopic (exact) mass is 184 g/mol. The van der Waals surface area contributed by atoms with Gasteiger partial charge in [0.15, 0.2) is 0 Å². The van der Waals surface area contributed by atoms with E-state index in [1.807, 2.05) is 12.4 Å². The highest BCUT2D eigenvalue weighted by atomic mass is 14.7. The van der Waals surface area contributed by atoms with Crippen molar-refractivity contribution >= 4 is 12.4 Å². The molecule has 0 aliphatic carbocycles. The fraction of sp³-hybridized carbons (Fsp3) is 0.333. The Kier molecular flexibility index (Phi) is 1.72. The highest BCUT2D eigenvalue weighted by Gasteiger charge is 2.14. The number of nitrogens with zero attached hydrogens (tertiary/aromatic N) is 2. The highest BCUT2D eigenvalue weighted by Crippen LogP contribution is 2.23. The molecular formula is C12H12N2. The van der Waals surface area contributed by atoms with E-state index in [-0.39, 0.29) is 0 Å². The van der Waals surface area contributed by atoms with Crippen molar-refractivity contribution in [3.8, 4) is 0 Å². The van der Waals surface area contributed by atoms with E-state index in [0.717, 1.165) is 25.9 Å². The van der Waals surface area contributed by atoms with Crippen molar-refractivity contribution in [2.75, 3.05) is 13.1 Å². The van der Waals surface area contributed by atoms with Gasteiger partial charge in [0.25, 0.3) is 0 Å². The molecule has 2 heterocycles. The maximum atomic E-state index is 4.31. The SMILES string of the molecule is C1=NCCc2c1ccc1c2CCN=C1. The second kappa shape index (κ2) is 3.05. The van der Waals surface area contributed by atoms with Gasteiger partial charge in [-0.05, 0) is 35.1 Å². The molecule has 0 atom stereocenters. The van der Waals surface area contributed by atoms with E-state index in [4.69, 9.17) is 0 Å². The van der Waals surface area contributed by atoms with Gasteiger partial charge in [-0.15, -0.1) is 0 Å². The van der Waals surface area contributed by atoms with E-state index in [9.17, 15) is 0 Å². The number of hydrogen-bond donors (Lipinski definition) is 0. The summed E-state index contributed by atoms with van der Waals surface area (Å²) < 4.78 is 0.